The molecule has 0 saturated heterocycles. The molecule has 8 nitrogen and oxygen atoms in total. The number of fused-ring (bicyclic) bond motifs is 1. The average molecular weight is 461 g/mol. The Hall–Kier alpha value is -2.21. The van der Waals surface area contributed by atoms with Crippen molar-refractivity contribution in [1.82, 2.24) is 5.32 Å². The number of rotatable bonds is 9. The van der Waals surface area contributed by atoms with E-state index in [2.05, 4.69) is 26.1 Å². The highest BCUT2D eigenvalue weighted by Crippen LogP contribution is 2.38. The normalized spacial score (nSPS) is 15.9. The summed E-state index contributed by atoms with van der Waals surface area (Å²) < 4.78 is 38.8. The molecule has 0 aliphatic carbocycles. The number of ether oxygens (including phenoxy) is 2. The fourth-order valence-corrected chi connectivity index (χ4v) is 3.12. The van der Waals surface area contributed by atoms with Crippen molar-refractivity contribution in [3.8, 4) is 5.75 Å². The number of carbonyl (C=O) groups is 1. The van der Waals surface area contributed by atoms with E-state index in [1.54, 1.807) is 19.1 Å². The molecule has 150 valence electrons. The third kappa shape index (κ3) is 5.90. The van der Waals surface area contributed by atoms with Crippen LogP contribution in [-0.2, 0) is 14.4 Å². The maximum Gasteiger partial charge on any atom is 0.294 e. The Morgan fingerprint density at radius 1 is 1.43 bits per heavy atom. The van der Waals surface area contributed by atoms with E-state index in [4.69, 9.17) is 17.3 Å². The SMILES string of the molecule is [B]C(F)(F)[C@H]1Oc2c(C)cc(Br)cc2C=C1C(=O)NCCOCCO[N+](=O)[O-]. The second-order valence-corrected chi connectivity index (χ2v) is 6.75. The Kier molecular flexibility index (Phi) is 7.36. The summed E-state index contributed by atoms with van der Waals surface area (Å²) in [5.41, 5.74) is 0.750. The van der Waals surface area contributed by atoms with Crippen molar-refractivity contribution in [2.24, 2.45) is 0 Å². The molecule has 1 aliphatic heterocycles. The average Bonchev–Trinajstić information content (AvgIpc) is 2.58. The number of nitrogens with zero attached hydrogens (tertiary/aromatic N) is 1. The van der Waals surface area contributed by atoms with Crippen LogP contribution in [0.5, 0.6) is 5.75 Å². The highest BCUT2D eigenvalue weighted by Gasteiger charge is 2.43. The number of hydrogen-bond acceptors (Lipinski definition) is 6. The van der Waals surface area contributed by atoms with Crippen LogP contribution in [0.2, 0.25) is 0 Å². The molecule has 28 heavy (non-hydrogen) atoms. The summed E-state index contributed by atoms with van der Waals surface area (Å²) in [5.74, 6) is -4.34. The van der Waals surface area contributed by atoms with Gasteiger partial charge in [0.05, 0.1) is 18.8 Å². The fourth-order valence-electron chi connectivity index (χ4n) is 2.53. The van der Waals surface area contributed by atoms with Gasteiger partial charge >= 0.3 is 0 Å². The van der Waals surface area contributed by atoms with Crippen LogP contribution in [0.3, 0.4) is 0 Å². The Morgan fingerprint density at radius 3 is 2.79 bits per heavy atom. The number of carbonyl (C=O) groups excluding carboxylic acids is 1. The van der Waals surface area contributed by atoms with Crippen LogP contribution in [0.1, 0.15) is 11.1 Å². The van der Waals surface area contributed by atoms with E-state index in [0.717, 1.165) is 0 Å². The lowest BCUT2D eigenvalue weighted by atomic mass is 9.85. The van der Waals surface area contributed by atoms with Gasteiger partial charge in [-0.3, -0.25) is 4.79 Å². The zero-order valence-corrected chi connectivity index (χ0v) is 16.3. The minimum Gasteiger partial charge on any atom is -0.479 e. The zero-order chi connectivity index (χ0) is 20.9. The van der Waals surface area contributed by atoms with E-state index in [1.807, 2.05) is 0 Å². The lowest BCUT2D eigenvalue weighted by Crippen LogP contribution is -2.46. The van der Waals surface area contributed by atoms with Gasteiger partial charge in [-0.2, -0.15) is 0 Å². The van der Waals surface area contributed by atoms with E-state index in [0.29, 0.717) is 15.6 Å². The van der Waals surface area contributed by atoms with Crippen molar-refractivity contribution >= 4 is 35.8 Å². The molecule has 0 bridgehead atoms. The molecule has 2 radical (unpaired) electrons. The molecular weight excluding hydrogens is 445 g/mol. The second-order valence-electron chi connectivity index (χ2n) is 5.84. The van der Waals surface area contributed by atoms with Gasteiger partial charge in [0.15, 0.2) is 14.0 Å². The first-order chi connectivity index (χ1) is 13.1. The van der Waals surface area contributed by atoms with Crippen molar-refractivity contribution in [2.45, 2.75) is 18.8 Å². The largest absolute Gasteiger partial charge is 0.479 e. The number of nitrogens with one attached hydrogen (secondary N) is 1. The molecule has 1 atom stereocenters. The van der Waals surface area contributed by atoms with Crippen molar-refractivity contribution in [1.29, 1.82) is 0 Å². The van der Waals surface area contributed by atoms with Gasteiger partial charge in [-0.1, -0.05) is 15.9 Å². The molecule has 12 heteroatoms. The highest BCUT2D eigenvalue weighted by molar-refractivity contribution is 9.10. The second kappa shape index (κ2) is 9.33. The lowest BCUT2D eigenvalue weighted by Gasteiger charge is -2.32. The van der Waals surface area contributed by atoms with Gasteiger partial charge in [-0.05, 0) is 30.7 Å². The summed E-state index contributed by atoms with van der Waals surface area (Å²) in [5, 5.41) is 11.4. The van der Waals surface area contributed by atoms with E-state index in [9.17, 15) is 23.7 Å². The number of hydrogen-bond donors (Lipinski definition) is 1. The molecule has 0 fully saturated rings. The molecule has 0 saturated carbocycles. The zero-order valence-electron chi connectivity index (χ0n) is 14.7. The molecule has 0 unspecified atom stereocenters. The van der Waals surface area contributed by atoms with Crippen LogP contribution >= 0.6 is 15.9 Å². The van der Waals surface area contributed by atoms with Gasteiger partial charge in [0, 0.05) is 16.6 Å². The van der Waals surface area contributed by atoms with E-state index >= 15 is 0 Å². The molecule has 1 aliphatic rings. The first kappa shape index (κ1) is 22.1. The first-order valence-corrected chi connectivity index (χ1v) is 8.87. The summed E-state index contributed by atoms with van der Waals surface area (Å²) >= 11 is 3.31. The van der Waals surface area contributed by atoms with E-state index in [1.165, 1.54) is 6.08 Å². The maximum atomic E-state index is 13.8. The van der Waals surface area contributed by atoms with Gasteiger partial charge in [-0.25, -0.2) is 8.78 Å². The van der Waals surface area contributed by atoms with Gasteiger partial charge in [-0.15, -0.1) is 10.1 Å². The Morgan fingerprint density at radius 2 is 2.14 bits per heavy atom. The van der Waals surface area contributed by atoms with Gasteiger partial charge in [0.25, 0.3) is 11.0 Å². The predicted molar refractivity (Wildman–Crippen MR) is 98.7 cm³/mol. The lowest BCUT2D eigenvalue weighted by molar-refractivity contribution is -0.758. The summed E-state index contributed by atoms with van der Waals surface area (Å²) in [6.07, 6.45) is -0.641. The minimum atomic E-state index is -3.78. The summed E-state index contributed by atoms with van der Waals surface area (Å²) in [4.78, 5) is 26.4. The number of halogens is 3. The Bertz CT molecular complexity index is 787. The predicted octanol–water partition coefficient (Wildman–Crippen LogP) is 2.00. The molecule has 2 rings (SSSR count). The van der Waals surface area contributed by atoms with Crippen LogP contribution in [0, 0.1) is 17.0 Å². The highest BCUT2D eigenvalue weighted by atomic mass is 79.9. The Balaban J connectivity index is 2.04. The van der Waals surface area contributed by atoms with E-state index < -0.39 is 22.9 Å². The quantitative estimate of drug-likeness (QED) is 0.262. The smallest absolute Gasteiger partial charge is 0.294 e. The van der Waals surface area contributed by atoms with Gasteiger partial charge in [0.2, 0.25) is 5.82 Å². The number of aryl methyl sites for hydroxylation is 1. The van der Waals surface area contributed by atoms with Gasteiger partial charge in [0.1, 0.15) is 12.4 Å². The summed E-state index contributed by atoms with van der Waals surface area (Å²) in [7, 11) is 4.93. The number of benzene rings is 1. The molecule has 1 aromatic rings. The number of alkyl halides is 2. The summed E-state index contributed by atoms with van der Waals surface area (Å²) in [6, 6.07) is 3.34. The standard InChI is InChI=1S/C16H16BBrF2N2O6/c1-9-6-11(18)7-10-8-12(14(16(17,19)20)28-13(9)10)15(23)21-2-3-26-4-5-27-22(24)25/h6-8,14H,2-5H2,1H3,(H,21,23)/t14-/m0/s1. The molecule has 1 N–H and O–H groups in total. The third-order valence-electron chi connectivity index (χ3n) is 3.67. The van der Waals surface area contributed by atoms with Crippen molar-refractivity contribution in [2.75, 3.05) is 26.4 Å². The molecular formula is C16H16BBrF2N2O6. The number of amides is 1. The molecule has 1 heterocycles. The molecule has 1 amide bonds. The molecule has 0 spiro atoms. The molecule has 0 aromatic heterocycles. The topological polar surface area (TPSA) is 99.9 Å². The monoisotopic (exact) mass is 460 g/mol. The van der Waals surface area contributed by atoms with E-state index in [-0.39, 0.29) is 37.7 Å². The van der Waals surface area contributed by atoms with Crippen LogP contribution < -0.4 is 10.1 Å². The van der Waals surface area contributed by atoms with Crippen LogP contribution in [0.15, 0.2) is 22.2 Å². The van der Waals surface area contributed by atoms with Crippen LogP contribution in [0.25, 0.3) is 6.08 Å². The Labute approximate surface area is 168 Å². The fraction of sp³-hybridized carbons (Fsp3) is 0.438. The third-order valence-corrected chi connectivity index (χ3v) is 4.12. The minimum absolute atomic E-state index is 0.00583. The maximum absolute atomic E-state index is 13.8. The molecule has 1 aromatic carbocycles. The summed E-state index contributed by atoms with van der Waals surface area (Å²) in [6.45, 7) is 1.36. The first-order valence-electron chi connectivity index (χ1n) is 8.08. The van der Waals surface area contributed by atoms with Crippen LogP contribution in [-0.4, -0.2) is 57.1 Å². The van der Waals surface area contributed by atoms with Crippen molar-refractivity contribution in [3.05, 3.63) is 43.4 Å². The van der Waals surface area contributed by atoms with Crippen LogP contribution in [0.4, 0.5) is 8.78 Å². The van der Waals surface area contributed by atoms with Crippen molar-refractivity contribution in [3.63, 3.8) is 0 Å². The van der Waals surface area contributed by atoms with Gasteiger partial charge < -0.3 is 19.6 Å². The van der Waals surface area contributed by atoms with Crippen molar-refractivity contribution < 1.29 is 33.0 Å².